The van der Waals surface area contributed by atoms with E-state index in [1.165, 1.54) is 23.9 Å². The number of aromatic nitrogens is 4. The summed E-state index contributed by atoms with van der Waals surface area (Å²) in [5.74, 6) is 1.02. The molecule has 3 rings (SSSR count). The Kier molecular flexibility index (Phi) is 3.98. The number of fused-ring (bicyclic) bond motifs is 1. The van der Waals surface area contributed by atoms with Gasteiger partial charge in [0.2, 0.25) is 5.78 Å². The van der Waals surface area contributed by atoms with Gasteiger partial charge in [0.25, 0.3) is 5.56 Å². The van der Waals surface area contributed by atoms with Crippen LogP contribution in [0.4, 0.5) is 4.39 Å². The topological polar surface area (TPSA) is 63.0 Å². The molecule has 0 aliphatic carbocycles. The zero-order valence-corrected chi connectivity index (χ0v) is 13.0. The van der Waals surface area contributed by atoms with Crippen LogP contribution in [0.15, 0.2) is 40.3 Å². The molecule has 0 fully saturated rings. The summed E-state index contributed by atoms with van der Waals surface area (Å²) in [5.41, 5.74) is 1.68. The Hall–Kier alpha value is -2.15. The van der Waals surface area contributed by atoms with Gasteiger partial charge in [-0.15, -0.1) is 10.2 Å². The molecule has 0 spiro atoms. The van der Waals surface area contributed by atoms with Crippen molar-refractivity contribution in [2.45, 2.75) is 30.7 Å². The number of nitrogens with zero attached hydrogens (tertiary/aromatic N) is 3. The predicted octanol–water partition coefficient (Wildman–Crippen LogP) is 2.97. The van der Waals surface area contributed by atoms with Crippen molar-refractivity contribution in [2.24, 2.45) is 0 Å². The first-order chi connectivity index (χ1) is 10.5. The molecule has 22 heavy (non-hydrogen) atoms. The van der Waals surface area contributed by atoms with Crippen LogP contribution in [0.3, 0.4) is 0 Å². The number of benzene rings is 1. The molecule has 0 unspecified atom stereocenters. The number of halogens is 1. The second-order valence-corrected chi connectivity index (χ2v) is 6.21. The fourth-order valence-electron chi connectivity index (χ4n) is 2.18. The van der Waals surface area contributed by atoms with E-state index in [2.05, 4.69) is 15.2 Å². The second kappa shape index (κ2) is 5.92. The second-order valence-electron chi connectivity index (χ2n) is 5.27. The third kappa shape index (κ3) is 2.89. The number of aromatic amines is 1. The zero-order valence-electron chi connectivity index (χ0n) is 12.2. The summed E-state index contributed by atoms with van der Waals surface area (Å²) in [6, 6.07) is 7.94. The standard InChI is InChI=1S/C15H15FN4OS/c1-9(2)12-7-13(21)17-14-18-19-15(20(12)14)22-8-10-3-5-11(16)6-4-10/h3-7,9H,8H2,1-2H3,(H,17,18,21). The number of thioether (sulfide) groups is 1. The van der Waals surface area contributed by atoms with E-state index in [-0.39, 0.29) is 17.3 Å². The first-order valence-electron chi connectivity index (χ1n) is 6.90. The van der Waals surface area contributed by atoms with Gasteiger partial charge >= 0.3 is 0 Å². The lowest BCUT2D eigenvalue weighted by Crippen LogP contribution is -2.12. The van der Waals surface area contributed by atoms with E-state index in [4.69, 9.17) is 0 Å². The van der Waals surface area contributed by atoms with Crippen LogP contribution in [0, 0.1) is 5.82 Å². The van der Waals surface area contributed by atoms with E-state index in [9.17, 15) is 9.18 Å². The molecule has 5 nitrogen and oxygen atoms in total. The van der Waals surface area contributed by atoms with Gasteiger partial charge in [0.1, 0.15) is 5.82 Å². The first kappa shape index (κ1) is 14.8. The molecule has 0 atom stereocenters. The van der Waals surface area contributed by atoms with Crippen LogP contribution in [-0.2, 0) is 5.75 Å². The van der Waals surface area contributed by atoms with E-state index < -0.39 is 0 Å². The predicted molar refractivity (Wildman–Crippen MR) is 83.7 cm³/mol. The van der Waals surface area contributed by atoms with E-state index in [0.717, 1.165) is 11.3 Å². The van der Waals surface area contributed by atoms with Crippen LogP contribution in [0.2, 0.25) is 0 Å². The van der Waals surface area contributed by atoms with Gasteiger partial charge < -0.3 is 0 Å². The zero-order chi connectivity index (χ0) is 15.7. The van der Waals surface area contributed by atoms with Gasteiger partial charge in [-0.1, -0.05) is 37.7 Å². The third-order valence-electron chi connectivity index (χ3n) is 3.28. The van der Waals surface area contributed by atoms with Gasteiger partial charge in [-0.05, 0) is 23.6 Å². The van der Waals surface area contributed by atoms with Crippen molar-refractivity contribution in [2.75, 3.05) is 0 Å². The number of nitrogens with one attached hydrogen (secondary N) is 1. The molecule has 0 aliphatic rings. The summed E-state index contributed by atoms with van der Waals surface area (Å²) in [7, 11) is 0. The number of rotatable bonds is 4. The SMILES string of the molecule is CC(C)c1cc(=O)[nH]c2nnc(SCc3ccc(F)cc3)n12. The Morgan fingerprint density at radius 3 is 2.68 bits per heavy atom. The van der Waals surface area contributed by atoms with Crippen LogP contribution in [0.5, 0.6) is 0 Å². The molecule has 0 aliphatic heterocycles. The molecule has 1 N–H and O–H groups in total. The summed E-state index contributed by atoms with van der Waals surface area (Å²) >= 11 is 1.50. The number of hydrogen-bond acceptors (Lipinski definition) is 4. The lowest BCUT2D eigenvalue weighted by molar-refractivity contribution is 0.627. The van der Waals surface area contributed by atoms with Crippen molar-refractivity contribution in [3.05, 3.63) is 57.8 Å². The summed E-state index contributed by atoms with van der Waals surface area (Å²) in [6.07, 6.45) is 0. The Labute approximate surface area is 130 Å². The monoisotopic (exact) mass is 318 g/mol. The summed E-state index contributed by atoms with van der Waals surface area (Å²) in [4.78, 5) is 14.3. The van der Waals surface area contributed by atoms with Crippen molar-refractivity contribution < 1.29 is 4.39 Å². The quantitative estimate of drug-likeness (QED) is 0.751. The molecule has 1 aromatic carbocycles. The Morgan fingerprint density at radius 2 is 2.00 bits per heavy atom. The molecule has 0 saturated carbocycles. The smallest absolute Gasteiger partial charge is 0.252 e. The summed E-state index contributed by atoms with van der Waals surface area (Å²) < 4.78 is 14.8. The van der Waals surface area contributed by atoms with Crippen LogP contribution in [0.25, 0.3) is 5.78 Å². The van der Waals surface area contributed by atoms with Gasteiger partial charge in [-0.3, -0.25) is 14.2 Å². The number of hydrogen-bond donors (Lipinski definition) is 1. The van der Waals surface area contributed by atoms with Gasteiger partial charge in [0.05, 0.1) is 0 Å². The van der Waals surface area contributed by atoms with Crippen molar-refractivity contribution in [1.29, 1.82) is 0 Å². The van der Waals surface area contributed by atoms with E-state index in [1.807, 2.05) is 18.2 Å². The van der Waals surface area contributed by atoms with E-state index in [0.29, 0.717) is 16.7 Å². The normalized spacial score (nSPS) is 11.5. The van der Waals surface area contributed by atoms with Crippen LogP contribution in [0.1, 0.15) is 31.0 Å². The maximum atomic E-state index is 12.9. The van der Waals surface area contributed by atoms with Crippen LogP contribution in [-0.4, -0.2) is 19.6 Å². The average Bonchev–Trinajstić information content (AvgIpc) is 2.88. The minimum absolute atomic E-state index is 0.172. The van der Waals surface area contributed by atoms with Gasteiger partial charge in [0, 0.05) is 17.5 Å². The third-order valence-corrected chi connectivity index (χ3v) is 4.28. The summed E-state index contributed by atoms with van der Waals surface area (Å²) in [6.45, 7) is 4.03. The highest BCUT2D eigenvalue weighted by Gasteiger charge is 2.14. The fourth-order valence-corrected chi connectivity index (χ4v) is 3.08. The van der Waals surface area contributed by atoms with E-state index in [1.54, 1.807) is 18.2 Å². The van der Waals surface area contributed by atoms with Crippen molar-refractivity contribution in [3.63, 3.8) is 0 Å². The molecule has 0 saturated heterocycles. The average molecular weight is 318 g/mol. The molecular weight excluding hydrogens is 303 g/mol. The van der Waals surface area contributed by atoms with Crippen LogP contribution >= 0.6 is 11.8 Å². The first-order valence-corrected chi connectivity index (χ1v) is 7.89. The van der Waals surface area contributed by atoms with Crippen molar-refractivity contribution in [3.8, 4) is 0 Å². The maximum absolute atomic E-state index is 12.9. The fraction of sp³-hybridized carbons (Fsp3) is 0.267. The minimum Gasteiger partial charge on any atom is -0.291 e. The molecule has 0 bridgehead atoms. The Bertz CT molecular complexity index is 854. The minimum atomic E-state index is -0.249. The molecule has 2 heterocycles. The molecular formula is C15H15FN4OS. The lowest BCUT2D eigenvalue weighted by atomic mass is 10.1. The highest BCUT2D eigenvalue weighted by Crippen LogP contribution is 2.24. The van der Waals surface area contributed by atoms with Gasteiger partial charge in [0.15, 0.2) is 5.16 Å². The van der Waals surface area contributed by atoms with Crippen molar-refractivity contribution in [1.82, 2.24) is 19.6 Å². The molecule has 7 heteroatoms. The molecule has 3 aromatic rings. The molecule has 0 amide bonds. The van der Waals surface area contributed by atoms with Crippen molar-refractivity contribution >= 4 is 17.5 Å². The largest absolute Gasteiger partial charge is 0.291 e. The van der Waals surface area contributed by atoms with Gasteiger partial charge in [-0.25, -0.2) is 4.39 Å². The molecule has 0 radical (unpaired) electrons. The highest BCUT2D eigenvalue weighted by atomic mass is 32.2. The number of H-pyrrole nitrogens is 1. The summed E-state index contributed by atoms with van der Waals surface area (Å²) in [5, 5.41) is 8.88. The maximum Gasteiger partial charge on any atom is 0.252 e. The lowest BCUT2D eigenvalue weighted by Gasteiger charge is -2.09. The Balaban J connectivity index is 1.94. The van der Waals surface area contributed by atoms with E-state index >= 15 is 0 Å². The van der Waals surface area contributed by atoms with Crippen LogP contribution < -0.4 is 5.56 Å². The van der Waals surface area contributed by atoms with Gasteiger partial charge in [-0.2, -0.15) is 0 Å². The molecule has 2 aromatic heterocycles. The highest BCUT2D eigenvalue weighted by molar-refractivity contribution is 7.98. The Morgan fingerprint density at radius 1 is 1.27 bits per heavy atom. The molecule has 114 valence electrons.